The Hall–Kier alpha value is -1.51. The van der Waals surface area contributed by atoms with Crippen molar-refractivity contribution in [2.45, 2.75) is 4.90 Å². The van der Waals surface area contributed by atoms with Gasteiger partial charge in [0.15, 0.2) is 0 Å². The van der Waals surface area contributed by atoms with Crippen LogP contribution in [0.3, 0.4) is 0 Å². The molecule has 2 rings (SSSR count). The molecule has 0 aliphatic carbocycles. The molecular weight excluding hydrogens is 246 g/mol. The first-order valence-electron chi connectivity index (χ1n) is 4.97. The van der Waals surface area contributed by atoms with Crippen molar-refractivity contribution in [1.82, 2.24) is 9.62 Å². The maximum Gasteiger partial charge on any atom is 0.269 e. The van der Waals surface area contributed by atoms with Gasteiger partial charge in [0.25, 0.3) is 5.69 Å². The Labute approximate surface area is 98.2 Å². The Bertz CT molecular complexity index is 520. The highest BCUT2D eigenvalue weighted by atomic mass is 32.2. The van der Waals surface area contributed by atoms with E-state index in [-0.39, 0.29) is 17.3 Å². The summed E-state index contributed by atoms with van der Waals surface area (Å²) in [6.07, 6.45) is 0. The van der Waals surface area contributed by atoms with Crippen molar-refractivity contribution >= 4 is 15.7 Å². The van der Waals surface area contributed by atoms with Gasteiger partial charge in [0.05, 0.1) is 16.5 Å². The lowest BCUT2D eigenvalue weighted by Gasteiger charge is -2.14. The summed E-state index contributed by atoms with van der Waals surface area (Å²) in [5.41, 5.74) is -0.122. The molecule has 1 aromatic rings. The zero-order valence-electron chi connectivity index (χ0n) is 8.87. The maximum absolute atomic E-state index is 12.0. The van der Waals surface area contributed by atoms with E-state index in [0.717, 1.165) is 0 Å². The maximum atomic E-state index is 12.0. The number of sulfonamides is 1. The van der Waals surface area contributed by atoms with Gasteiger partial charge in [-0.05, 0) is 12.1 Å². The Kier molecular flexibility index (Phi) is 3.09. The van der Waals surface area contributed by atoms with Crippen molar-refractivity contribution in [1.29, 1.82) is 0 Å². The van der Waals surface area contributed by atoms with Gasteiger partial charge in [0.1, 0.15) is 0 Å². The summed E-state index contributed by atoms with van der Waals surface area (Å²) < 4.78 is 25.4. The highest BCUT2D eigenvalue weighted by Crippen LogP contribution is 2.19. The van der Waals surface area contributed by atoms with E-state index in [1.165, 1.54) is 28.6 Å². The lowest BCUT2D eigenvalue weighted by Crippen LogP contribution is -2.29. The van der Waals surface area contributed by atoms with Crippen molar-refractivity contribution in [3.05, 3.63) is 34.4 Å². The molecule has 1 N–H and O–H groups in total. The number of nitrogens with one attached hydrogen (secondary N) is 1. The van der Waals surface area contributed by atoms with E-state index in [1.54, 1.807) is 0 Å². The molecule has 1 heterocycles. The number of benzene rings is 1. The first kappa shape index (κ1) is 12.0. The number of non-ortho nitro benzene ring substituents is 1. The molecule has 0 bridgehead atoms. The monoisotopic (exact) mass is 257 g/mol. The van der Waals surface area contributed by atoms with Crippen LogP contribution in [0.25, 0.3) is 0 Å². The second-order valence-electron chi connectivity index (χ2n) is 3.59. The van der Waals surface area contributed by atoms with Gasteiger partial charge in [-0.15, -0.1) is 0 Å². The molecule has 1 saturated heterocycles. The fraction of sp³-hybridized carbons (Fsp3) is 0.333. The van der Waals surface area contributed by atoms with Crippen LogP contribution in [0.2, 0.25) is 0 Å². The summed E-state index contributed by atoms with van der Waals surface area (Å²) in [7, 11) is -3.53. The molecule has 0 unspecified atom stereocenters. The van der Waals surface area contributed by atoms with E-state index in [0.29, 0.717) is 13.1 Å². The third-order valence-electron chi connectivity index (χ3n) is 2.51. The SMILES string of the molecule is O=[N+]([O-])c1ccc(S(=O)(=O)N2CCNC2)cc1. The van der Waals surface area contributed by atoms with Gasteiger partial charge in [-0.2, -0.15) is 4.31 Å². The van der Waals surface area contributed by atoms with Crippen molar-refractivity contribution in [2.75, 3.05) is 19.8 Å². The fourth-order valence-electron chi connectivity index (χ4n) is 1.58. The summed E-state index contributed by atoms with van der Waals surface area (Å²) in [4.78, 5) is 9.97. The van der Waals surface area contributed by atoms with Crippen molar-refractivity contribution < 1.29 is 13.3 Å². The third-order valence-corrected chi connectivity index (χ3v) is 4.37. The first-order valence-corrected chi connectivity index (χ1v) is 6.41. The highest BCUT2D eigenvalue weighted by molar-refractivity contribution is 7.89. The van der Waals surface area contributed by atoms with Gasteiger partial charge in [-0.1, -0.05) is 0 Å². The minimum atomic E-state index is -3.53. The van der Waals surface area contributed by atoms with Crippen LogP contribution < -0.4 is 5.32 Å². The van der Waals surface area contributed by atoms with E-state index in [4.69, 9.17) is 0 Å². The average molecular weight is 257 g/mol. The second kappa shape index (κ2) is 4.40. The van der Waals surface area contributed by atoms with Gasteiger partial charge < -0.3 is 5.32 Å². The van der Waals surface area contributed by atoms with Crippen LogP contribution in [-0.4, -0.2) is 37.4 Å². The summed E-state index contributed by atoms with van der Waals surface area (Å²) >= 11 is 0. The fourth-order valence-corrected chi connectivity index (χ4v) is 2.95. The molecular formula is C9H11N3O4S. The van der Waals surface area contributed by atoms with Gasteiger partial charge in [0, 0.05) is 25.2 Å². The molecule has 7 nitrogen and oxygen atoms in total. The summed E-state index contributed by atoms with van der Waals surface area (Å²) in [6.45, 7) is 1.31. The van der Waals surface area contributed by atoms with Crippen LogP contribution in [0.4, 0.5) is 5.69 Å². The standard InChI is InChI=1S/C9H11N3O4S/c13-12(14)8-1-3-9(4-2-8)17(15,16)11-6-5-10-7-11/h1-4,10H,5-7H2. The van der Waals surface area contributed by atoms with Gasteiger partial charge in [0.2, 0.25) is 10.0 Å². The predicted octanol–water partition coefficient (Wildman–Crippen LogP) is 0.146. The normalized spacial score (nSPS) is 17.2. The smallest absolute Gasteiger partial charge is 0.269 e. The minimum absolute atomic E-state index is 0.0757. The van der Waals surface area contributed by atoms with Crippen LogP contribution >= 0.6 is 0 Å². The predicted molar refractivity (Wildman–Crippen MR) is 59.9 cm³/mol. The third kappa shape index (κ3) is 2.28. The largest absolute Gasteiger partial charge is 0.302 e. The van der Waals surface area contributed by atoms with Gasteiger partial charge in [-0.3, -0.25) is 10.1 Å². The van der Waals surface area contributed by atoms with Gasteiger partial charge >= 0.3 is 0 Å². The first-order chi connectivity index (χ1) is 8.01. The number of hydrogen-bond acceptors (Lipinski definition) is 5. The van der Waals surface area contributed by atoms with E-state index in [9.17, 15) is 18.5 Å². The number of rotatable bonds is 3. The second-order valence-corrected chi connectivity index (χ2v) is 5.53. The Morgan fingerprint density at radius 1 is 1.29 bits per heavy atom. The average Bonchev–Trinajstić information content (AvgIpc) is 2.83. The molecule has 1 aliphatic rings. The molecule has 0 saturated carbocycles. The van der Waals surface area contributed by atoms with E-state index >= 15 is 0 Å². The zero-order valence-corrected chi connectivity index (χ0v) is 9.68. The van der Waals surface area contributed by atoms with Crippen molar-refractivity contribution in [3.8, 4) is 0 Å². The van der Waals surface area contributed by atoms with Crippen LogP contribution in [0.1, 0.15) is 0 Å². The number of nitro benzene ring substituents is 1. The molecule has 1 aromatic carbocycles. The summed E-state index contributed by atoms with van der Waals surface area (Å²) in [5.74, 6) is 0. The summed E-state index contributed by atoms with van der Waals surface area (Å²) in [5, 5.41) is 13.4. The van der Waals surface area contributed by atoms with Crippen LogP contribution in [-0.2, 0) is 10.0 Å². The molecule has 0 radical (unpaired) electrons. The summed E-state index contributed by atoms with van der Waals surface area (Å²) in [6, 6.07) is 4.89. The quantitative estimate of drug-likeness (QED) is 0.614. The number of nitrogens with zero attached hydrogens (tertiary/aromatic N) is 2. The van der Waals surface area contributed by atoms with Crippen LogP contribution in [0.5, 0.6) is 0 Å². The Morgan fingerprint density at radius 2 is 1.94 bits per heavy atom. The Balaban J connectivity index is 2.30. The molecule has 0 atom stereocenters. The van der Waals surface area contributed by atoms with Crippen LogP contribution in [0.15, 0.2) is 29.2 Å². The van der Waals surface area contributed by atoms with Crippen LogP contribution in [0, 0.1) is 10.1 Å². The van der Waals surface area contributed by atoms with Crippen molar-refractivity contribution in [3.63, 3.8) is 0 Å². The number of hydrogen-bond donors (Lipinski definition) is 1. The van der Waals surface area contributed by atoms with E-state index < -0.39 is 14.9 Å². The number of nitro groups is 1. The lowest BCUT2D eigenvalue weighted by molar-refractivity contribution is -0.384. The molecule has 1 fully saturated rings. The molecule has 92 valence electrons. The lowest BCUT2D eigenvalue weighted by atomic mass is 10.3. The molecule has 8 heteroatoms. The molecule has 0 amide bonds. The van der Waals surface area contributed by atoms with E-state index in [1.807, 2.05) is 0 Å². The molecule has 1 aliphatic heterocycles. The zero-order chi connectivity index (χ0) is 12.5. The topological polar surface area (TPSA) is 92.5 Å². The van der Waals surface area contributed by atoms with Crippen molar-refractivity contribution in [2.24, 2.45) is 0 Å². The highest BCUT2D eigenvalue weighted by Gasteiger charge is 2.27. The minimum Gasteiger partial charge on any atom is -0.302 e. The molecule has 0 aromatic heterocycles. The Morgan fingerprint density at radius 3 is 2.41 bits per heavy atom. The molecule has 17 heavy (non-hydrogen) atoms. The molecule has 0 spiro atoms. The van der Waals surface area contributed by atoms with E-state index in [2.05, 4.69) is 5.32 Å². The van der Waals surface area contributed by atoms with Gasteiger partial charge in [-0.25, -0.2) is 8.42 Å².